The quantitative estimate of drug-likeness (QED) is 0.0801. The van der Waals surface area contributed by atoms with Crippen LogP contribution in [0.5, 0.6) is 5.75 Å². The third kappa shape index (κ3) is 8.10. The van der Waals surface area contributed by atoms with Gasteiger partial charge in [0.25, 0.3) is 8.32 Å². The molecular formula is C44H53N6O4Si+. The van der Waals surface area contributed by atoms with Gasteiger partial charge in [-0.3, -0.25) is 0 Å². The third-order valence-corrected chi connectivity index (χ3v) is 16.1. The van der Waals surface area contributed by atoms with E-state index in [-0.39, 0.29) is 17.7 Å². The van der Waals surface area contributed by atoms with Crippen LogP contribution < -0.4 is 25.4 Å². The Bertz CT molecular complexity index is 1970. The van der Waals surface area contributed by atoms with Crippen molar-refractivity contribution >= 4 is 36.4 Å². The molecule has 1 amide bonds. The molecule has 0 aliphatic carbocycles. The van der Waals surface area contributed by atoms with Gasteiger partial charge in [0.2, 0.25) is 0 Å². The topological polar surface area (TPSA) is 89.0 Å². The Balaban J connectivity index is 1.13. The van der Waals surface area contributed by atoms with Crippen LogP contribution in [0.1, 0.15) is 43.9 Å². The van der Waals surface area contributed by atoms with Crippen LogP contribution in [-0.4, -0.2) is 80.3 Å². The fraction of sp³-hybridized carbons (Fsp3) is 0.341. The van der Waals surface area contributed by atoms with Gasteiger partial charge in [-0.1, -0.05) is 124 Å². The normalized spacial score (nSPS) is 16.9. The van der Waals surface area contributed by atoms with E-state index in [4.69, 9.17) is 23.9 Å². The summed E-state index contributed by atoms with van der Waals surface area (Å²) in [4.78, 5) is 24.9. The first-order chi connectivity index (χ1) is 26.7. The highest BCUT2D eigenvalue weighted by molar-refractivity contribution is 6.99. The summed E-state index contributed by atoms with van der Waals surface area (Å²) in [5.74, 6) is 2.59. The van der Waals surface area contributed by atoms with Crippen molar-refractivity contribution in [2.24, 2.45) is 0 Å². The lowest BCUT2D eigenvalue weighted by Crippen LogP contribution is -2.66. The Morgan fingerprint density at radius 3 is 2.11 bits per heavy atom. The molecule has 0 radical (unpaired) electrons. The first-order valence-electron chi connectivity index (χ1n) is 19.3. The average molecular weight is 758 g/mol. The maximum Gasteiger partial charge on any atom is 0.410 e. The van der Waals surface area contributed by atoms with Gasteiger partial charge in [0.05, 0.1) is 25.8 Å². The molecule has 4 aromatic carbocycles. The van der Waals surface area contributed by atoms with Crippen molar-refractivity contribution in [3.63, 3.8) is 0 Å². The van der Waals surface area contributed by atoms with Gasteiger partial charge in [0, 0.05) is 26.1 Å². The lowest BCUT2D eigenvalue weighted by molar-refractivity contribution is -0.941. The molecule has 1 fully saturated rings. The largest absolute Gasteiger partial charge is 0.497 e. The molecular weight excluding hydrogens is 705 g/mol. The summed E-state index contributed by atoms with van der Waals surface area (Å²) in [5, 5.41) is 8.44. The average Bonchev–Trinajstić information content (AvgIpc) is 3.41. The van der Waals surface area contributed by atoms with E-state index in [9.17, 15) is 4.79 Å². The van der Waals surface area contributed by atoms with Gasteiger partial charge in [0.1, 0.15) is 44.1 Å². The molecule has 1 aromatic heterocycles. The summed E-state index contributed by atoms with van der Waals surface area (Å²) in [7, 11) is -1.02. The lowest BCUT2D eigenvalue weighted by atomic mass is 10.2. The number of nitrogens with one attached hydrogen (secondary N) is 1. The molecule has 1 atom stereocenters. The van der Waals surface area contributed by atoms with Gasteiger partial charge in [-0.25, -0.2) is 24.4 Å². The van der Waals surface area contributed by atoms with E-state index in [0.717, 1.165) is 47.0 Å². The Hall–Kier alpha value is -5.23. The first kappa shape index (κ1) is 38.1. The Kier molecular flexibility index (Phi) is 11.5. The molecule has 1 N–H and O–H groups in total. The van der Waals surface area contributed by atoms with Crippen LogP contribution in [-0.2, 0) is 28.9 Å². The van der Waals surface area contributed by atoms with Crippen molar-refractivity contribution in [1.29, 1.82) is 0 Å². The van der Waals surface area contributed by atoms with Crippen LogP contribution >= 0.6 is 0 Å². The summed E-state index contributed by atoms with van der Waals surface area (Å²) < 4.78 is 19.2. The number of rotatable bonds is 13. The molecule has 0 bridgehead atoms. The molecule has 5 aromatic rings. The van der Waals surface area contributed by atoms with Gasteiger partial charge in [-0.05, 0) is 38.7 Å². The zero-order chi connectivity index (χ0) is 38.3. The van der Waals surface area contributed by atoms with Gasteiger partial charge >= 0.3 is 6.09 Å². The number of quaternary nitrogens is 1. The number of ether oxygens (including phenoxy) is 2. The number of hydrogen-bond donors (Lipinski definition) is 1. The van der Waals surface area contributed by atoms with Gasteiger partial charge in [-0.2, -0.15) is 0 Å². The molecule has 2 aliphatic heterocycles. The third-order valence-electron chi connectivity index (χ3n) is 11.0. The summed E-state index contributed by atoms with van der Waals surface area (Å²) in [6.07, 6.45) is 2.19. The number of carbonyl (C=O) groups excluding carboxylic acids is 1. The second-order valence-corrected chi connectivity index (χ2v) is 19.7. The van der Waals surface area contributed by atoms with Crippen molar-refractivity contribution in [1.82, 2.24) is 14.9 Å². The summed E-state index contributed by atoms with van der Waals surface area (Å²) in [6, 6.07) is 39.5. The summed E-state index contributed by atoms with van der Waals surface area (Å²) in [5.41, 5.74) is 3.21. The monoisotopic (exact) mass is 757 g/mol. The number of hydrogen-bond acceptors (Lipinski definition) is 8. The predicted molar refractivity (Wildman–Crippen MR) is 220 cm³/mol. The second kappa shape index (κ2) is 16.6. The van der Waals surface area contributed by atoms with Crippen LogP contribution in [0.25, 0.3) is 0 Å². The number of anilines is 2. The molecule has 10 nitrogen and oxygen atoms in total. The van der Waals surface area contributed by atoms with E-state index in [1.54, 1.807) is 13.4 Å². The van der Waals surface area contributed by atoms with Crippen LogP contribution in [0.3, 0.4) is 0 Å². The Morgan fingerprint density at radius 2 is 1.47 bits per heavy atom. The molecule has 7 rings (SSSR count). The van der Waals surface area contributed by atoms with Crippen LogP contribution in [0, 0.1) is 0 Å². The number of carbonyl (C=O) groups is 1. The van der Waals surface area contributed by atoms with E-state index >= 15 is 0 Å². The molecule has 55 heavy (non-hydrogen) atoms. The van der Waals surface area contributed by atoms with E-state index in [2.05, 4.69) is 104 Å². The first-order valence-corrected chi connectivity index (χ1v) is 21.2. The number of methoxy groups -OCH3 is 1. The van der Waals surface area contributed by atoms with E-state index in [0.29, 0.717) is 50.5 Å². The number of amides is 1. The zero-order valence-corrected chi connectivity index (χ0v) is 33.5. The maximum absolute atomic E-state index is 13.5. The Labute approximate surface area is 326 Å². The van der Waals surface area contributed by atoms with Crippen molar-refractivity contribution in [2.75, 3.05) is 56.8 Å². The molecule has 286 valence electrons. The molecule has 11 heteroatoms. The SMILES string of the molecule is COc1ccc(CNc2ncnc3c2C[N+]2(CCCO[Si](c4ccccc4)(c4ccccc4)C(C)(C)C)CCN(C(=O)OCc4ccccc4)CCN32)cc1. The molecule has 3 heterocycles. The highest BCUT2D eigenvalue weighted by atomic mass is 28.4. The summed E-state index contributed by atoms with van der Waals surface area (Å²) in [6.45, 7) is 12.4. The second-order valence-electron chi connectivity index (χ2n) is 15.4. The predicted octanol–water partition coefficient (Wildman–Crippen LogP) is 6.77. The zero-order valence-electron chi connectivity index (χ0n) is 32.5. The van der Waals surface area contributed by atoms with E-state index in [1.807, 2.05) is 47.4 Å². The molecule has 1 saturated heterocycles. The minimum absolute atomic E-state index is 0.110. The van der Waals surface area contributed by atoms with E-state index < -0.39 is 8.32 Å². The molecule has 1 unspecified atom stereocenters. The van der Waals surface area contributed by atoms with E-state index in [1.165, 1.54) is 10.4 Å². The lowest BCUT2D eigenvalue weighted by Gasteiger charge is -2.43. The highest BCUT2D eigenvalue weighted by Gasteiger charge is 2.51. The summed E-state index contributed by atoms with van der Waals surface area (Å²) >= 11 is 0. The number of fused-ring (bicyclic) bond motifs is 3. The van der Waals surface area contributed by atoms with Gasteiger partial charge in [-0.15, -0.1) is 0 Å². The highest BCUT2D eigenvalue weighted by Crippen LogP contribution is 2.41. The van der Waals surface area contributed by atoms with Crippen molar-refractivity contribution in [3.05, 3.63) is 138 Å². The minimum atomic E-state index is -2.70. The Morgan fingerprint density at radius 1 is 0.818 bits per heavy atom. The van der Waals surface area contributed by atoms with Gasteiger partial charge in [0.15, 0.2) is 5.82 Å². The van der Waals surface area contributed by atoms with Crippen molar-refractivity contribution in [3.8, 4) is 5.75 Å². The molecule has 0 spiro atoms. The maximum atomic E-state index is 13.5. The van der Waals surface area contributed by atoms with Crippen molar-refractivity contribution in [2.45, 2.75) is 51.9 Å². The fourth-order valence-corrected chi connectivity index (χ4v) is 12.8. The standard InChI is InChI=1S/C44H53N6O4Si/c1-44(2,3)55(38-17-10-6-11-18-38,39-19-12-7-13-20-39)54-30-14-28-50-29-27-48(43(51)53-33-36-15-8-5-9-16-36)25-26-49(50)42-40(32-50)41(46-34-47-42)45-31-35-21-23-37(52-4)24-22-35/h5-13,15-24,34H,14,25-33H2,1-4H3,(H,45,46,47)/q+1. The minimum Gasteiger partial charge on any atom is -0.497 e. The van der Waals surface area contributed by atoms with Crippen LogP contribution in [0.2, 0.25) is 5.04 Å². The molecule has 0 saturated carbocycles. The number of benzene rings is 4. The van der Waals surface area contributed by atoms with Gasteiger partial charge < -0.3 is 24.1 Å². The van der Waals surface area contributed by atoms with Crippen LogP contribution in [0.4, 0.5) is 16.4 Å². The van der Waals surface area contributed by atoms with Crippen LogP contribution in [0.15, 0.2) is 122 Å². The molecule has 2 aliphatic rings. The fourth-order valence-electron chi connectivity index (χ4n) is 8.24. The van der Waals surface area contributed by atoms with Crippen molar-refractivity contribution < 1.29 is 23.3 Å². The number of aromatic nitrogens is 2. The number of nitrogens with zero attached hydrogens (tertiary/aromatic N) is 5. The smallest absolute Gasteiger partial charge is 0.410 e.